The quantitative estimate of drug-likeness (QED) is 0.335. The Bertz CT molecular complexity index is 1450. The highest BCUT2D eigenvalue weighted by Crippen LogP contribution is 2.43. The van der Waals surface area contributed by atoms with E-state index in [1.54, 1.807) is 36.4 Å². The van der Waals surface area contributed by atoms with Gasteiger partial charge >= 0.3 is 6.09 Å². The van der Waals surface area contributed by atoms with Crippen molar-refractivity contribution in [1.82, 2.24) is 15.2 Å². The van der Waals surface area contributed by atoms with Crippen LogP contribution in [0.25, 0.3) is 11.3 Å². The van der Waals surface area contributed by atoms with Crippen LogP contribution in [0.15, 0.2) is 60.7 Å². The van der Waals surface area contributed by atoms with E-state index < -0.39 is 17.0 Å². The average Bonchev–Trinajstić information content (AvgIpc) is 3.38. The number of amides is 2. The van der Waals surface area contributed by atoms with Crippen LogP contribution in [-0.2, 0) is 6.42 Å². The normalized spacial score (nSPS) is 16.8. The number of anilines is 1. The number of rotatable bonds is 8. The van der Waals surface area contributed by atoms with Crippen LogP contribution >= 0.6 is 0 Å². The summed E-state index contributed by atoms with van der Waals surface area (Å²) in [5.41, 5.74) is 1.55. The summed E-state index contributed by atoms with van der Waals surface area (Å²) in [4.78, 5) is 31.8. The molecule has 1 aliphatic heterocycles. The number of aromatic nitrogens is 1. The maximum absolute atomic E-state index is 13.7. The molecule has 0 unspecified atom stereocenters. The Balaban J connectivity index is 1.62. The minimum atomic E-state index is -0.997. The van der Waals surface area contributed by atoms with Gasteiger partial charge in [0.1, 0.15) is 11.6 Å². The first-order valence-corrected chi connectivity index (χ1v) is 13.3. The van der Waals surface area contributed by atoms with Crippen molar-refractivity contribution in [3.8, 4) is 17.3 Å². The van der Waals surface area contributed by atoms with Crippen LogP contribution in [0, 0.1) is 22.6 Å². The van der Waals surface area contributed by atoms with Gasteiger partial charge < -0.3 is 20.6 Å². The highest BCUT2D eigenvalue weighted by atomic mass is 19.1. The van der Waals surface area contributed by atoms with Gasteiger partial charge in [0, 0.05) is 25.2 Å². The minimum absolute atomic E-state index is 0.156. The van der Waals surface area contributed by atoms with Crippen molar-refractivity contribution in [3.05, 3.63) is 83.2 Å². The number of carbonyl (C=O) groups excluding carboxylic acids is 1. The number of nitriles is 1. The van der Waals surface area contributed by atoms with Gasteiger partial charge in [0.05, 0.1) is 28.4 Å². The maximum atomic E-state index is 13.7. The van der Waals surface area contributed by atoms with Crippen molar-refractivity contribution in [3.63, 3.8) is 0 Å². The van der Waals surface area contributed by atoms with Crippen LogP contribution in [0.4, 0.5) is 15.0 Å². The molecule has 40 heavy (non-hydrogen) atoms. The van der Waals surface area contributed by atoms with E-state index in [0.717, 1.165) is 12.0 Å². The lowest BCUT2D eigenvalue weighted by Gasteiger charge is -2.47. The predicted octanol–water partition coefficient (Wildman–Crippen LogP) is 5.70. The topological polar surface area (TPSA) is 118 Å². The third-order valence-electron chi connectivity index (χ3n) is 7.72. The number of likely N-dealkylation sites (tertiary alicyclic amines) is 1. The lowest BCUT2D eigenvalue weighted by atomic mass is 9.71. The Kier molecular flexibility index (Phi) is 8.38. The van der Waals surface area contributed by atoms with Gasteiger partial charge in [0.15, 0.2) is 0 Å². The SMILES string of the molecule is CC(C)(C)[C@@]1(CNC(=O)c2ccc(-c3ccccc3C#N)nc2NCCc2cccc(F)c2)CCCN1C(=O)O. The predicted molar refractivity (Wildman–Crippen MR) is 151 cm³/mol. The Morgan fingerprint density at radius 1 is 1.15 bits per heavy atom. The second kappa shape index (κ2) is 11.7. The van der Waals surface area contributed by atoms with E-state index in [4.69, 9.17) is 4.98 Å². The van der Waals surface area contributed by atoms with Gasteiger partial charge in [-0.1, -0.05) is 51.1 Å². The van der Waals surface area contributed by atoms with Crippen molar-refractivity contribution in [2.45, 2.75) is 45.6 Å². The van der Waals surface area contributed by atoms with Crippen molar-refractivity contribution in [1.29, 1.82) is 5.26 Å². The first-order chi connectivity index (χ1) is 19.1. The second-order valence-corrected chi connectivity index (χ2v) is 11.1. The molecule has 0 bridgehead atoms. The summed E-state index contributed by atoms with van der Waals surface area (Å²) in [6.45, 7) is 6.93. The zero-order valence-corrected chi connectivity index (χ0v) is 23.0. The van der Waals surface area contributed by atoms with Gasteiger partial charge in [-0.05, 0) is 60.6 Å². The van der Waals surface area contributed by atoms with E-state index in [9.17, 15) is 24.3 Å². The van der Waals surface area contributed by atoms with Crippen molar-refractivity contribution < 1.29 is 19.1 Å². The molecule has 2 amide bonds. The van der Waals surface area contributed by atoms with Crippen LogP contribution < -0.4 is 10.6 Å². The van der Waals surface area contributed by atoms with Crippen molar-refractivity contribution >= 4 is 17.8 Å². The molecule has 0 radical (unpaired) electrons. The first kappa shape index (κ1) is 28.6. The molecule has 1 saturated heterocycles. The molecule has 3 aromatic rings. The Morgan fingerprint density at radius 2 is 1.93 bits per heavy atom. The zero-order chi connectivity index (χ0) is 28.9. The van der Waals surface area contributed by atoms with Crippen LogP contribution in [0.2, 0.25) is 0 Å². The smallest absolute Gasteiger partial charge is 0.407 e. The number of carboxylic acid groups (broad SMARTS) is 1. The molecule has 1 aromatic heterocycles. The molecule has 1 atom stereocenters. The number of carbonyl (C=O) groups is 2. The van der Waals surface area contributed by atoms with Crippen LogP contribution in [0.3, 0.4) is 0 Å². The number of pyridine rings is 1. The van der Waals surface area contributed by atoms with Gasteiger partial charge in [-0.25, -0.2) is 14.2 Å². The van der Waals surface area contributed by atoms with Gasteiger partial charge in [0.25, 0.3) is 5.91 Å². The number of hydrogen-bond acceptors (Lipinski definition) is 5. The molecule has 2 aromatic carbocycles. The Morgan fingerprint density at radius 3 is 2.62 bits per heavy atom. The third-order valence-corrected chi connectivity index (χ3v) is 7.72. The Hall–Kier alpha value is -4.45. The monoisotopic (exact) mass is 543 g/mol. The number of hydrogen-bond donors (Lipinski definition) is 3. The summed E-state index contributed by atoms with van der Waals surface area (Å²) in [7, 11) is 0. The molecule has 9 heteroatoms. The largest absolute Gasteiger partial charge is 0.465 e. The van der Waals surface area contributed by atoms with Gasteiger partial charge in [-0.15, -0.1) is 0 Å². The molecular formula is C31H34FN5O3. The van der Waals surface area contributed by atoms with E-state index in [-0.39, 0.29) is 18.3 Å². The molecule has 0 saturated carbocycles. The molecule has 0 spiro atoms. The number of nitrogens with one attached hydrogen (secondary N) is 2. The maximum Gasteiger partial charge on any atom is 0.407 e. The minimum Gasteiger partial charge on any atom is -0.465 e. The van der Waals surface area contributed by atoms with E-state index >= 15 is 0 Å². The van der Waals surface area contributed by atoms with E-state index in [1.165, 1.54) is 17.0 Å². The first-order valence-electron chi connectivity index (χ1n) is 13.3. The third kappa shape index (κ3) is 5.91. The van der Waals surface area contributed by atoms with Crippen molar-refractivity contribution in [2.24, 2.45) is 5.41 Å². The second-order valence-electron chi connectivity index (χ2n) is 11.1. The fourth-order valence-corrected chi connectivity index (χ4v) is 5.46. The zero-order valence-electron chi connectivity index (χ0n) is 23.0. The standard InChI is InChI=1S/C31H34FN5O3/c1-30(2,3)31(15-7-17-37(31)29(39)40)20-35-28(38)25-12-13-26(24-11-5-4-9-22(24)19-33)36-27(25)34-16-14-21-8-6-10-23(32)18-21/h4-6,8-13,18H,7,14-17,20H2,1-3H3,(H,34,36)(H,35,38)(H,39,40)/t31-/m0/s1. The van der Waals surface area contributed by atoms with Crippen molar-refractivity contribution in [2.75, 3.05) is 25.0 Å². The van der Waals surface area contributed by atoms with E-state index in [2.05, 4.69) is 16.7 Å². The highest BCUT2D eigenvalue weighted by Gasteiger charge is 2.51. The molecule has 8 nitrogen and oxygen atoms in total. The molecular weight excluding hydrogens is 509 g/mol. The number of nitrogens with zero attached hydrogens (tertiary/aromatic N) is 3. The molecule has 2 heterocycles. The summed E-state index contributed by atoms with van der Waals surface area (Å²) in [5.74, 6) is -0.381. The molecule has 4 rings (SSSR count). The average molecular weight is 544 g/mol. The summed E-state index contributed by atoms with van der Waals surface area (Å²) in [5, 5.41) is 25.7. The van der Waals surface area contributed by atoms with Crippen LogP contribution in [0.1, 0.15) is 55.1 Å². The van der Waals surface area contributed by atoms with Gasteiger partial charge in [-0.2, -0.15) is 5.26 Å². The lowest BCUT2D eigenvalue weighted by Crippen LogP contribution is -2.61. The summed E-state index contributed by atoms with van der Waals surface area (Å²) < 4.78 is 13.7. The highest BCUT2D eigenvalue weighted by molar-refractivity contribution is 5.99. The van der Waals surface area contributed by atoms with Gasteiger partial charge in [0.2, 0.25) is 0 Å². The molecule has 208 valence electrons. The lowest BCUT2D eigenvalue weighted by molar-refractivity contribution is 0.0300. The molecule has 1 fully saturated rings. The van der Waals surface area contributed by atoms with E-state index in [1.807, 2.05) is 32.9 Å². The number of benzene rings is 2. The molecule has 1 aliphatic rings. The fraction of sp³-hybridized carbons (Fsp3) is 0.355. The fourth-order valence-electron chi connectivity index (χ4n) is 5.46. The van der Waals surface area contributed by atoms with Crippen LogP contribution in [-0.4, -0.2) is 52.2 Å². The summed E-state index contributed by atoms with van der Waals surface area (Å²) in [6.07, 6.45) is 0.869. The summed E-state index contributed by atoms with van der Waals surface area (Å²) >= 11 is 0. The van der Waals surface area contributed by atoms with E-state index in [0.29, 0.717) is 54.1 Å². The number of halogens is 1. The summed E-state index contributed by atoms with van der Waals surface area (Å²) in [6, 6.07) is 18.9. The molecule has 3 N–H and O–H groups in total. The van der Waals surface area contributed by atoms with Gasteiger partial charge in [-0.3, -0.25) is 4.79 Å². The Labute approximate surface area is 233 Å². The molecule has 0 aliphatic carbocycles. The van der Waals surface area contributed by atoms with Crippen LogP contribution in [0.5, 0.6) is 0 Å².